The zero-order valence-electron chi connectivity index (χ0n) is 20.9. The fourth-order valence-electron chi connectivity index (χ4n) is 4.70. The molecule has 5 nitrogen and oxygen atoms in total. The number of unbranched alkanes of at least 4 members (excludes halogenated alkanes) is 1. The second kappa shape index (κ2) is 12.5. The molecule has 1 saturated heterocycles. The van der Waals surface area contributed by atoms with Gasteiger partial charge < -0.3 is 14.4 Å². The van der Waals surface area contributed by atoms with E-state index in [0.717, 1.165) is 37.2 Å². The minimum absolute atomic E-state index is 0.0677. The minimum Gasteiger partial charge on any atom is -0.496 e. The van der Waals surface area contributed by atoms with Gasteiger partial charge in [0, 0.05) is 43.9 Å². The van der Waals surface area contributed by atoms with Crippen molar-refractivity contribution in [2.24, 2.45) is 0 Å². The van der Waals surface area contributed by atoms with E-state index in [0.29, 0.717) is 31.9 Å². The van der Waals surface area contributed by atoms with Gasteiger partial charge in [0.2, 0.25) is 0 Å². The third kappa shape index (κ3) is 6.30. The van der Waals surface area contributed by atoms with Crippen LogP contribution in [0.25, 0.3) is 0 Å². The Kier molecular flexibility index (Phi) is 8.93. The lowest BCUT2D eigenvalue weighted by Gasteiger charge is -2.40. The lowest BCUT2D eigenvalue weighted by molar-refractivity contribution is 0.0597. The molecule has 0 bridgehead atoms. The molecule has 35 heavy (non-hydrogen) atoms. The molecule has 1 aliphatic rings. The fourth-order valence-corrected chi connectivity index (χ4v) is 4.70. The smallest absolute Gasteiger partial charge is 0.253 e. The summed E-state index contributed by atoms with van der Waals surface area (Å²) in [5, 5.41) is 0. The highest BCUT2D eigenvalue weighted by Crippen LogP contribution is 2.30. The molecule has 1 amide bonds. The first-order valence-corrected chi connectivity index (χ1v) is 12.6. The summed E-state index contributed by atoms with van der Waals surface area (Å²) in [5.74, 6) is 0.828. The number of carbonyl (C=O) groups excluding carboxylic acids is 1. The van der Waals surface area contributed by atoms with E-state index in [-0.39, 0.29) is 11.9 Å². The van der Waals surface area contributed by atoms with Gasteiger partial charge in [-0.2, -0.15) is 0 Å². The maximum absolute atomic E-state index is 13.4. The maximum atomic E-state index is 13.4. The number of piperazine rings is 1. The average molecular weight is 473 g/mol. The molecule has 0 unspecified atom stereocenters. The number of ether oxygens (including phenoxy) is 2. The summed E-state index contributed by atoms with van der Waals surface area (Å²) in [6, 6.07) is 27.1. The summed E-state index contributed by atoms with van der Waals surface area (Å²) in [6.07, 6.45) is 2.12. The van der Waals surface area contributed by atoms with Gasteiger partial charge in [0.1, 0.15) is 5.75 Å². The zero-order valence-corrected chi connectivity index (χ0v) is 20.9. The Morgan fingerprint density at radius 1 is 0.886 bits per heavy atom. The Labute approximate surface area is 209 Å². The molecule has 0 spiro atoms. The van der Waals surface area contributed by atoms with Crippen molar-refractivity contribution in [2.75, 3.05) is 39.9 Å². The van der Waals surface area contributed by atoms with Gasteiger partial charge in [0.25, 0.3) is 5.91 Å². The average Bonchev–Trinajstić information content (AvgIpc) is 2.92. The molecule has 0 atom stereocenters. The van der Waals surface area contributed by atoms with Gasteiger partial charge in [-0.05, 0) is 35.7 Å². The molecule has 3 aromatic carbocycles. The van der Waals surface area contributed by atoms with E-state index in [9.17, 15) is 4.79 Å². The molecule has 0 N–H and O–H groups in total. The van der Waals surface area contributed by atoms with Gasteiger partial charge in [0.05, 0.1) is 19.8 Å². The Morgan fingerprint density at radius 2 is 1.51 bits per heavy atom. The van der Waals surface area contributed by atoms with Crippen LogP contribution in [0, 0.1) is 0 Å². The fraction of sp³-hybridized carbons (Fsp3) is 0.367. The molecular formula is C30H36N2O3. The Morgan fingerprint density at radius 3 is 2.09 bits per heavy atom. The first kappa shape index (κ1) is 25.0. The highest BCUT2D eigenvalue weighted by atomic mass is 16.5. The van der Waals surface area contributed by atoms with Crippen LogP contribution in [0.15, 0.2) is 78.9 Å². The molecule has 5 heteroatoms. The van der Waals surface area contributed by atoms with Gasteiger partial charge in [-0.1, -0.05) is 74.0 Å². The van der Waals surface area contributed by atoms with Crippen molar-refractivity contribution >= 4 is 5.91 Å². The number of carbonyl (C=O) groups is 1. The summed E-state index contributed by atoms with van der Waals surface area (Å²) in [6.45, 7) is 6.35. The van der Waals surface area contributed by atoms with Crippen molar-refractivity contribution in [3.63, 3.8) is 0 Å². The highest BCUT2D eigenvalue weighted by molar-refractivity contribution is 5.94. The van der Waals surface area contributed by atoms with E-state index in [1.807, 2.05) is 23.1 Å². The van der Waals surface area contributed by atoms with Crippen LogP contribution in [0.4, 0.5) is 0 Å². The predicted molar refractivity (Wildman–Crippen MR) is 140 cm³/mol. The Balaban J connectivity index is 1.44. The second-order valence-corrected chi connectivity index (χ2v) is 8.98. The van der Waals surface area contributed by atoms with Crippen LogP contribution < -0.4 is 4.74 Å². The molecule has 1 fully saturated rings. The van der Waals surface area contributed by atoms with Crippen molar-refractivity contribution in [3.8, 4) is 5.75 Å². The van der Waals surface area contributed by atoms with Crippen LogP contribution in [-0.4, -0.2) is 55.6 Å². The van der Waals surface area contributed by atoms with Crippen molar-refractivity contribution in [3.05, 3.63) is 101 Å². The molecular weight excluding hydrogens is 436 g/mol. The van der Waals surface area contributed by atoms with Crippen LogP contribution in [0.1, 0.15) is 52.9 Å². The van der Waals surface area contributed by atoms with Crippen LogP contribution >= 0.6 is 0 Å². The first-order valence-electron chi connectivity index (χ1n) is 12.6. The standard InChI is InChI=1S/C30H36N2O3/c1-3-4-21-35-23-27-22-26(15-16-28(27)34-2)30(33)32-19-17-31(18-20-32)29(24-11-7-5-8-12-24)25-13-9-6-10-14-25/h5-16,22,29H,3-4,17-21,23H2,1-2H3. The number of hydrogen-bond donors (Lipinski definition) is 0. The first-order chi connectivity index (χ1) is 17.2. The predicted octanol–water partition coefficient (Wildman–Crippen LogP) is 5.56. The molecule has 0 saturated carbocycles. The third-order valence-corrected chi connectivity index (χ3v) is 6.62. The summed E-state index contributed by atoms with van der Waals surface area (Å²) >= 11 is 0. The normalized spacial score (nSPS) is 14.3. The van der Waals surface area contributed by atoms with Crippen molar-refractivity contribution in [1.29, 1.82) is 0 Å². The lowest BCUT2D eigenvalue weighted by atomic mass is 9.96. The van der Waals surface area contributed by atoms with E-state index < -0.39 is 0 Å². The van der Waals surface area contributed by atoms with Gasteiger partial charge in [-0.15, -0.1) is 0 Å². The molecule has 3 aromatic rings. The van der Waals surface area contributed by atoms with E-state index in [4.69, 9.17) is 9.47 Å². The molecule has 0 aromatic heterocycles. The molecule has 0 radical (unpaired) electrons. The number of hydrogen-bond acceptors (Lipinski definition) is 4. The maximum Gasteiger partial charge on any atom is 0.253 e. The summed E-state index contributed by atoms with van der Waals surface area (Å²) < 4.78 is 11.3. The molecule has 184 valence electrons. The van der Waals surface area contributed by atoms with Crippen LogP contribution in [-0.2, 0) is 11.3 Å². The van der Waals surface area contributed by atoms with Gasteiger partial charge >= 0.3 is 0 Å². The number of nitrogens with zero attached hydrogens (tertiary/aromatic N) is 2. The third-order valence-electron chi connectivity index (χ3n) is 6.62. The molecule has 4 rings (SSSR count). The quantitative estimate of drug-likeness (QED) is 0.362. The van der Waals surface area contributed by atoms with Crippen LogP contribution in [0.3, 0.4) is 0 Å². The molecule has 0 aliphatic carbocycles. The second-order valence-electron chi connectivity index (χ2n) is 8.98. The van der Waals surface area contributed by atoms with E-state index in [2.05, 4.69) is 72.5 Å². The van der Waals surface area contributed by atoms with Crippen LogP contribution in [0.2, 0.25) is 0 Å². The van der Waals surface area contributed by atoms with Crippen molar-refractivity contribution in [2.45, 2.75) is 32.4 Å². The van der Waals surface area contributed by atoms with Gasteiger partial charge in [0.15, 0.2) is 0 Å². The minimum atomic E-state index is 0.0677. The molecule has 1 heterocycles. The van der Waals surface area contributed by atoms with Gasteiger partial charge in [-0.25, -0.2) is 0 Å². The Bertz CT molecular complexity index is 1020. The van der Waals surface area contributed by atoms with E-state index >= 15 is 0 Å². The summed E-state index contributed by atoms with van der Waals surface area (Å²) in [4.78, 5) is 17.8. The summed E-state index contributed by atoms with van der Waals surface area (Å²) in [5.41, 5.74) is 4.17. The lowest BCUT2D eigenvalue weighted by Crippen LogP contribution is -2.49. The number of methoxy groups -OCH3 is 1. The SMILES string of the molecule is CCCCOCc1cc(C(=O)N2CCN(C(c3ccccc3)c3ccccc3)CC2)ccc1OC. The zero-order chi connectivity index (χ0) is 24.5. The largest absolute Gasteiger partial charge is 0.496 e. The van der Waals surface area contributed by atoms with Crippen molar-refractivity contribution in [1.82, 2.24) is 9.80 Å². The van der Waals surface area contributed by atoms with Crippen molar-refractivity contribution < 1.29 is 14.3 Å². The van der Waals surface area contributed by atoms with Crippen LogP contribution in [0.5, 0.6) is 5.75 Å². The number of amides is 1. The monoisotopic (exact) mass is 472 g/mol. The number of rotatable bonds is 10. The highest BCUT2D eigenvalue weighted by Gasteiger charge is 2.28. The topological polar surface area (TPSA) is 42.0 Å². The summed E-state index contributed by atoms with van der Waals surface area (Å²) in [7, 11) is 1.65. The van der Waals surface area contributed by atoms with E-state index in [1.165, 1.54) is 11.1 Å². The van der Waals surface area contributed by atoms with E-state index in [1.54, 1.807) is 7.11 Å². The number of benzene rings is 3. The molecule has 1 aliphatic heterocycles. The van der Waals surface area contributed by atoms with Gasteiger partial charge in [-0.3, -0.25) is 9.69 Å². The Hall–Kier alpha value is -3.15.